The van der Waals surface area contributed by atoms with Crippen LogP contribution in [0.4, 0.5) is 4.39 Å². The van der Waals surface area contributed by atoms with E-state index in [1.165, 1.54) is 17.7 Å². The van der Waals surface area contributed by atoms with Crippen LogP contribution in [-0.2, 0) is 11.3 Å². The molecule has 2 aromatic carbocycles. The van der Waals surface area contributed by atoms with Gasteiger partial charge in [-0.1, -0.05) is 30.3 Å². The summed E-state index contributed by atoms with van der Waals surface area (Å²) in [7, 11) is 0. The lowest BCUT2D eigenvalue weighted by Gasteiger charge is -2.39. The number of hydrogen-bond acceptors (Lipinski definition) is 4. The van der Waals surface area contributed by atoms with Crippen LogP contribution in [0.15, 0.2) is 71.7 Å². The van der Waals surface area contributed by atoms with Crippen LogP contribution in [-0.4, -0.2) is 56.0 Å². The van der Waals surface area contributed by atoms with Crippen molar-refractivity contribution in [3.8, 4) is 0 Å². The largest absolute Gasteiger partial charge is 0.342 e. The lowest BCUT2D eigenvalue weighted by Crippen LogP contribution is -2.46. The van der Waals surface area contributed by atoms with Crippen LogP contribution < -0.4 is 5.69 Å². The third-order valence-corrected chi connectivity index (χ3v) is 9.08. The Bertz CT molecular complexity index is 1580. The number of aromatic nitrogens is 3. The number of halogens is 1. The third kappa shape index (κ3) is 5.58. The van der Waals surface area contributed by atoms with E-state index < -0.39 is 0 Å². The predicted molar refractivity (Wildman–Crippen MR) is 158 cm³/mol. The van der Waals surface area contributed by atoms with Gasteiger partial charge in [0, 0.05) is 43.0 Å². The van der Waals surface area contributed by atoms with Crippen molar-refractivity contribution in [2.75, 3.05) is 26.2 Å². The molecule has 4 heterocycles. The first-order valence-electron chi connectivity index (χ1n) is 14.8. The second-order valence-corrected chi connectivity index (χ2v) is 11.6. The van der Waals surface area contributed by atoms with Crippen LogP contribution in [0.25, 0.3) is 11.0 Å². The molecular weight excluding hydrogens is 517 g/mol. The molecule has 2 fully saturated rings. The molecule has 0 radical (unpaired) electrons. The Morgan fingerprint density at radius 1 is 0.951 bits per heavy atom. The molecule has 2 aliphatic heterocycles. The van der Waals surface area contributed by atoms with E-state index in [9.17, 15) is 14.0 Å². The van der Waals surface area contributed by atoms with Crippen LogP contribution in [0.1, 0.15) is 61.5 Å². The molecule has 8 heteroatoms. The van der Waals surface area contributed by atoms with Gasteiger partial charge in [-0.25, -0.2) is 9.18 Å². The Hall–Kier alpha value is -3.78. The molecular formula is C33H38FN5O2. The molecule has 1 atom stereocenters. The van der Waals surface area contributed by atoms with E-state index in [1.807, 2.05) is 52.9 Å². The van der Waals surface area contributed by atoms with Gasteiger partial charge in [0.1, 0.15) is 5.82 Å². The number of fused-ring (bicyclic) bond motifs is 1. The minimum atomic E-state index is -0.354. The van der Waals surface area contributed by atoms with E-state index in [0.717, 1.165) is 42.7 Å². The molecule has 41 heavy (non-hydrogen) atoms. The first-order valence-corrected chi connectivity index (χ1v) is 14.8. The highest BCUT2D eigenvalue weighted by Crippen LogP contribution is 2.31. The summed E-state index contributed by atoms with van der Waals surface area (Å²) < 4.78 is 17.8. The van der Waals surface area contributed by atoms with Gasteiger partial charge in [0.15, 0.2) is 0 Å². The topological polar surface area (TPSA) is 63.4 Å². The molecule has 6 rings (SSSR count). The zero-order valence-electron chi connectivity index (χ0n) is 23.9. The van der Waals surface area contributed by atoms with Crippen LogP contribution in [0.3, 0.4) is 0 Å². The second-order valence-electron chi connectivity index (χ2n) is 11.6. The smallest absolute Gasteiger partial charge is 0.329 e. The number of imidazole rings is 1. The number of hydrogen-bond donors (Lipinski definition) is 0. The van der Waals surface area contributed by atoms with Gasteiger partial charge < -0.3 is 4.90 Å². The van der Waals surface area contributed by atoms with Gasteiger partial charge in [0.25, 0.3) is 0 Å². The van der Waals surface area contributed by atoms with E-state index in [0.29, 0.717) is 44.0 Å². The maximum absolute atomic E-state index is 14.3. The summed E-state index contributed by atoms with van der Waals surface area (Å²) in [5.41, 5.74) is 4.54. The van der Waals surface area contributed by atoms with Crippen LogP contribution in [0.5, 0.6) is 0 Å². The van der Waals surface area contributed by atoms with E-state index >= 15 is 0 Å². The Balaban J connectivity index is 1.11. The van der Waals surface area contributed by atoms with Crippen LogP contribution in [0.2, 0.25) is 0 Å². The lowest BCUT2D eigenvalue weighted by atomic mass is 9.92. The van der Waals surface area contributed by atoms with Gasteiger partial charge in [-0.05, 0) is 94.1 Å². The van der Waals surface area contributed by atoms with Crippen molar-refractivity contribution in [2.45, 2.75) is 58.2 Å². The molecule has 0 bridgehead atoms. The minimum Gasteiger partial charge on any atom is -0.342 e. The molecule has 2 aromatic heterocycles. The molecule has 0 saturated carbocycles. The summed E-state index contributed by atoms with van der Waals surface area (Å²) in [5, 5.41) is 0. The number of rotatable bonds is 6. The fourth-order valence-electron chi connectivity index (χ4n) is 6.70. The molecule has 2 saturated heterocycles. The van der Waals surface area contributed by atoms with Crippen molar-refractivity contribution in [2.24, 2.45) is 5.92 Å². The summed E-state index contributed by atoms with van der Waals surface area (Å²) in [6.07, 6.45) is 5.03. The Morgan fingerprint density at radius 3 is 2.39 bits per heavy atom. The van der Waals surface area contributed by atoms with Crippen molar-refractivity contribution in [3.63, 3.8) is 0 Å². The highest BCUT2D eigenvalue weighted by Gasteiger charge is 2.33. The summed E-state index contributed by atoms with van der Waals surface area (Å²) in [4.78, 5) is 36.0. The van der Waals surface area contributed by atoms with Crippen molar-refractivity contribution in [3.05, 3.63) is 100.0 Å². The minimum absolute atomic E-state index is 0.0250. The van der Waals surface area contributed by atoms with Crippen LogP contribution in [0, 0.1) is 18.7 Å². The second kappa shape index (κ2) is 11.6. The normalized spacial score (nSPS) is 18.2. The van der Waals surface area contributed by atoms with Crippen LogP contribution >= 0.6 is 0 Å². The summed E-state index contributed by atoms with van der Waals surface area (Å²) in [5.74, 6) is -0.0581. The number of carbonyl (C=O) groups is 1. The Kier molecular flexibility index (Phi) is 7.75. The molecule has 0 spiro atoms. The molecule has 0 aliphatic carbocycles. The predicted octanol–water partition coefficient (Wildman–Crippen LogP) is 5.33. The SMILES string of the molecule is Cc1cc(C(C)N2CCC(C(=O)N3CCC(n4c(=O)n(Cc5ccccc5)c5cc(F)ccc54)CC3)CC2)ccn1. The maximum Gasteiger partial charge on any atom is 0.329 e. The number of likely N-dealkylation sites (tertiary alicyclic amines) is 2. The molecule has 1 unspecified atom stereocenters. The van der Waals surface area contributed by atoms with Gasteiger partial charge >= 0.3 is 5.69 Å². The van der Waals surface area contributed by atoms with Gasteiger partial charge in [-0.15, -0.1) is 0 Å². The Morgan fingerprint density at radius 2 is 1.68 bits per heavy atom. The van der Waals surface area contributed by atoms with Crippen molar-refractivity contribution < 1.29 is 9.18 Å². The molecule has 0 N–H and O–H groups in total. The number of benzene rings is 2. The number of nitrogens with zero attached hydrogens (tertiary/aromatic N) is 5. The fraction of sp³-hybridized carbons (Fsp3) is 0.424. The zero-order valence-corrected chi connectivity index (χ0v) is 23.9. The summed E-state index contributed by atoms with van der Waals surface area (Å²) >= 11 is 0. The van der Waals surface area contributed by atoms with E-state index in [4.69, 9.17) is 0 Å². The standard InChI is InChI=1S/C33H38FN5O2/c1-23-20-27(10-15-35-23)24(2)36-16-11-26(12-17-36)32(40)37-18-13-29(14-19-37)39-30-9-8-28(34)21-31(30)38(33(39)41)22-25-6-4-3-5-7-25/h3-10,15,20-21,24,26,29H,11-14,16-19,22H2,1-2H3. The number of pyridine rings is 1. The van der Waals surface area contributed by atoms with Gasteiger partial charge in [0.05, 0.1) is 17.6 Å². The Labute approximate surface area is 240 Å². The van der Waals surface area contributed by atoms with E-state index in [-0.39, 0.29) is 29.4 Å². The molecule has 1 amide bonds. The number of aryl methyl sites for hydroxylation is 1. The van der Waals surface area contributed by atoms with Crippen molar-refractivity contribution >= 4 is 16.9 Å². The average molecular weight is 556 g/mol. The van der Waals surface area contributed by atoms with E-state index in [1.54, 1.807) is 10.6 Å². The summed E-state index contributed by atoms with van der Waals surface area (Å²) in [6, 6.07) is 18.9. The third-order valence-electron chi connectivity index (χ3n) is 9.08. The number of amides is 1. The lowest BCUT2D eigenvalue weighted by molar-refractivity contribution is -0.138. The first kappa shape index (κ1) is 27.4. The number of carbonyl (C=O) groups excluding carboxylic acids is 1. The van der Waals surface area contributed by atoms with Gasteiger partial charge in [-0.2, -0.15) is 0 Å². The first-order chi connectivity index (χ1) is 19.9. The number of piperidine rings is 2. The van der Waals surface area contributed by atoms with Gasteiger partial charge in [-0.3, -0.25) is 23.8 Å². The fourth-order valence-corrected chi connectivity index (χ4v) is 6.70. The molecule has 4 aromatic rings. The molecule has 214 valence electrons. The van der Waals surface area contributed by atoms with Gasteiger partial charge in [0.2, 0.25) is 5.91 Å². The van der Waals surface area contributed by atoms with E-state index in [2.05, 4.69) is 28.9 Å². The highest BCUT2D eigenvalue weighted by molar-refractivity contribution is 5.79. The van der Waals surface area contributed by atoms with Crippen molar-refractivity contribution in [1.29, 1.82) is 0 Å². The zero-order chi connectivity index (χ0) is 28.5. The monoisotopic (exact) mass is 555 g/mol. The summed E-state index contributed by atoms with van der Waals surface area (Å²) in [6.45, 7) is 7.72. The maximum atomic E-state index is 14.3. The quantitative estimate of drug-likeness (QED) is 0.323. The molecule has 2 aliphatic rings. The highest BCUT2D eigenvalue weighted by atomic mass is 19.1. The molecule has 7 nitrogen and oxygen atoms in total. The van der Waals surface area contributed by atoms with Crippen molar-refractivity contribution in [1.82, 2.24) is 23.9 Å². The average Bonchev–Trinajstić information content (AvgIpc) is 3.27.